The zero-order valence-electron chi connectivity index (χ0n) is 15.2. The van der Waals surface area contributed by atoms with E-state index < -0.39 is 0 Å². The second-order valence-electron chi connectivity index (χ2n) is 6.66. The topological polar surface area (TPSA) is 60.9 Å². The quantitative estimate of drug-likeness (QED) is 0.494. The van der Waals surface area contributed by atoms with Gasteiger partial charge in [0, 0.05) is 30.2 Å². The number of nitrogens with zero attached hydrogens (tertiary/aromatic N) is 6. The minimum absolute atomic E-state index is 0.712. The van der Waals surface area contributed by atoms with E-state index in [-0.39, 0.29) is 0 Å². The number of benzene rings is 1. The number of rotatable bonds is 3. The van der Waals surface area contributed by atoms with Gasteiger partial charge in [0.05, 0.1) is 5.39 Å². The first-order valence-corrected chi connectivity index (χ1v) is 8.87. The number of hydrogen-bond acceptors (Lipinski definition) is 4. The van der Waals surface area contributed by atoms with Gasteiger partial charge in [0.2, 0.25) is 0 Å². The van der Waals surface area contributed by atoms with E-state index in [0.29, 0.717) is 5.82 Å². The molecule has 0 aliphatic carbocycles. The maximum atomic E-state index is 4.82. The molecule has 4 aromatic heterocycles. The van der Waals surface area contributed by atoms with E-state index in [0.717, 1.165) is 28.8 Å². The van der Waals surface area contributed by atoms with Gasteiger partial charge in [-0.05, 0) is 37.1 Å². The molecule has 27 heavy (non-hydrogen) atoms. The summed E-state index contributed by atoms with van der Waals surface area (Å²) in [5, 5.41) is 5.68. The molecule has 6 nitrogen and oxygen atoms in total. The highest BCUT2D eigenvalue weighted by molar-refractivity contribution is 5.94. The van der Waals surface area contributed by atoms with Gasteiger partial charge >= 0.3 is 0 Å². The lowest BCUT2D eigenvalue weighted by atomic mass is 10.2. The van der Waals surface area contributed by atoms with Crippen molar-refractivity contribution in [1.82, 2.24) is 29.1 Å². The van der Waals surface area contributed by atoms with Gasteiger partial charge < -0.3 is 4.57 Å². The smallest absolute Gasteiger partial charge is 0.182 e. The molecule has 0 unspecified atom stereocenters. The normalized spacial score (nSPS) is 11.5. The molecule has 5 aromatic rings. The molecular formula is C21H18N6. The van der Waals surface area contributed by atoms with Crippen LogP contribution in [-0.4, -0.2) is 29.1 Å². The number of aromatic nitrogens is 6. The number of fused-ring (bicyclic) bond motifs is 3. The maximum absolute atomic E-state index is 4.82. The van der Waals surface area contributed by atoms with Gasteiger partial charge in [-0.25, -0.2) is 14.5 Å². The summed E-state index contributed by atoms with van der Waals surface area (Å²) in [4.78, 5) is 13.6. The van der Waals surface area contributed by atoms with Crippen LogP contribution in [0.15, 0.2) is 61.2 Å². The van der Waals surface area contributed by atoms with Crippen molar-refractivity contribution in [3.8, 4) is 11.4 Å². The van der Waals surface area contributed by atoms with Crippen LogP contribution in [0.3, 0.4) is 0 Å². The van der Waals surface area contributed by atoms with Crippen LogP contribution >= 0.6 is 0 Å². The number of pyridine rings is 1. The summed E-state index contributed by atoms with van der Waals surface area (Å²) in [6.45, 7) is 5.00. The van der Waals surface area contributed by atoms with E-state index in [1.165, 1.54) is 16.8 Å². The first-order valence-electron chi connectivity index (χ1n) is 8.87. The molecule has 0 radical (unpaired) electrons. The third-order valence-corrected chi connectivity index (χ3v) is 5.07. The second kappa shape index (κ2) is 6.02. The Morgan fingerprint density at radius 2 is 1.70 bits per heavy atom. The summed E-state index contributed by atoms with van der Waals surface area (Å²) in [5.41, 5.74) is 6.34. The second-order valence-corrected chi connectivity index (χ2v) is 6.66. The van der Waals surface area contributed by atoms with Crippen LogP contribution in [0.25, 0.3) is 28.1 Å². The summed E-state index contributed by atoms with van der Waals surface area (Å²) >= 11 is 0. The largest absolute Gasteiger partial charge is 0.325 e. The molecule has 0 saturated heterocycles. The lowest BCUT2D eigenvalue weighted by Crippen LogP contribution is -2.03. The highest BCUT2D eigenvalue weighted by Gasteiger charge is 2.18. The predicted octanol–water partition coefficient (Wildman–Crippen LogP) is 3.81. The molecule has 0 N–H and O–H groups in total. The highest BCUT2D eigenvalue weighted by atomic mass is 15.3. The molecule has 132 valence electrons. The average Bonchev–Trinajstić information content (AvgIpc) is 3.25. The fourth-order valence-electron chi connectivity index (χ4n) is 3.50. The van der Waals surface area contributed by atoms with Crippen LogP contribution in [-0.2, 0) is 6.54 Å². The summed E-state index contributed by atoms with van der Waals surface area (Å²) in [6, 6.07) is 14.1. The molecule has 6 heteroatoms. The van der Waals surface area contributed by atoms with Crippen molar-refractivity contribution in [2.45, 2.75) is 20.4 Å². The van der Waals surface area contributed by atoms with E-state index >= 15 is 0 Å². The van der Waals surface area contributed by atoms with E-state index in [9.17, 15) is 0 Å². The fraction of sp³-hybridized carbons (Fsp3) is 0.143. The molecule has 5 rings (SSSR count). The molecule has 0 aliphatic heterocycles. The van der Waals surface area contributed by atoms with Crippen molar-refractivity contribution >= 4 is 16.7 Å². The lowest BCUT2D eigenvalue weighted by molar-refractivity contribution is 0.786. The third kappa shape index (κ3) is 2.49. The molecule has 0 bridgehead atoms. The van der Waals surface area contributed by atoms with Crippen LogP contribution < -0.4 is 0 Å². The maximum Gasteiger partial charge on any atom is 0.182 e. The minimum atomic E-state index is 0.712. The molecule has 0 aliphatic rings. The summed E-state index contributed by atoms with van der Waals surface area (Å²) in [7, 11) is 0. The molecule has 0 atom stereocenters. The Labute approximate surface area is 156 Å². The van der Waals surface area contributed by atoms with Crippen LogP contribution in [0.5, 0.6) is 0 Å². The van der Waals surface area contributed by atoms with Crippen molar-refractivity contribution in [1.29, 1.82) is 0 Å². The van der Waals surface area contributed by atoms with Crippen molar-refractivity contribution in [2.75, 3.05) is 0 Å². The number of hydrogen-bond donors (Lipinski definition) is 0. The van der Waals surface area contributed by atoms with Gasteiger partial charge in [-0.1, -0.05) is 30.3 Å². The van der Waals surface area contributed by atoms with Crippen molar-refractivity contribution in [3.63, 3.8) is 0 Å². The fourth-order valence-corrected chi connectivity index (χ4v) is 3.50. The van der Waals surface area contributed by atoms with E-state index in [1.54, 1.807) is 10.8 Å². The summed E-state index contributed by atoms with van der Waals surface area (Å²) in [5.74, 6) is 0.712. The van der Waals surface area contributed by atoms with Gasteiger partial charge in [-0.2, -0.15) is 0 Å². The Kier molecular flexibility index (Phi) is 3.50. The lowest BCUT2D eigenvalue weighted by Gasteiger charge is -2.07. The van der Waals surface area contributed by atoms with Crippen molar-refractivity contribution in [3.05, 3.63) is 78.0 Å². The Hall–Kier alpha value is -3.54. The van der Waals surface area contributed by atoms with Gasteiger partial charge in [0.25, 0.3) is 0 Å². The Morgan fingerprint density at radius 1 is 0.926 bits per heavy atom. The van der Waals surface area contributed by atoms with E-state index in [2.05, 4.69) is 28.5 Å². The first-order chi connectivity index (χ1) is 13.2. The Morgan fingerprint density at radius 3 is 2.48 bits per heavy atom. The van der Waals surface area contributed by atoms with Crippen LogP contribution in [0.4, 0.5) is 0 Å². The van der Waals surface area contributed by atoms with Crippen LogP contribution in [0.2, 0.25) is 0 Å². The van der Waals surface area contributed by atoms with E-state index in [1.807, 2.05) is 54.9 Å². The zero-order valence-corrected chi connectivity index (χ0v) is 15.2. The molecule has 1 aromatic carbocycles. The molecule has 0 amide bonds. The zero-order chi connectivity index (χ0) is 18.4. The minimum Gasteiger partial charge on any atom is -0.325 e. The molecule has 4 heterocycles. The Balaban J connectivity index is 1.72. The average molecular weight is 354 g/mol. The van der Waals surface area contributed by atoms with E-state index in [4.69, 9.17) is 9.97 Å². The Bertz CT molecular complexity index is 1250. The molecule has 0 saturated carbocycles. The molecule has 0 fully saturated rings. The van der Waals surface area contributed by atoms with Crippen LogP contribution in [0, 0.1) is 13.8 Å². The standard InChI is InChI=1S/C21H18N6/c1-14-15(2)26(12-16-8-10-22-11-9-16)20-18(14)21-24-19(25-27(21)13-23-20)17-6-4-3-5-7-17/h3-11,13H,12H2,1-2H3. The molecule has 0 spiro atoms. The predicted molar refractivity (Wildman–Crippen MR) is 105 cm³/mol. The SMILES string of the molecule is Cc1c(C)n(Cc2ccncc2)c2ncn3nc(-c4ccccc4)nc3c12. The van der Waals surface area contributed by atoms with Crippen LogP contribution in [0.1, 0.15) is 16.8 Å². The number of aryl methyl sites for hydroxylation is 1. The van der Waals surface area contributed by atoms with Gasteiger partial charge in [0.1, 0.15) is 12.0 Å². The molecular weight excluding hydrogens is 336 g/mol. The van der Waals surface area contributed by atoms with Crippen molar-refractivity contribution < 1.29 is 0 Å². The van der Waals surface area contributed by atoms with Gasteiger partial charge in [-0.15, -0.1) is 5.10 Å². The first kappa shape index (κ1) is 15.7. The summed E-state index contributed by atoms with van der Waals surface area (Å²) < 4.78 is 4.00. The summed E-state index contributed by atoms with van der Waals surface area (Å²) in [6.07, 6.45) is 5.39. The van der Waals surface area contributed by atoms with Gasteiger partial charge in [-0.3, -0.25) is 4.98 Å². The monoisotopic (exact) mass is 354 g/mol. The van der Waals surface area contributed by atoms with Crippen molar-refractivity contribution in [2.24, 2.45) is 0 Å². The van der Waals surface area contributed by atoms with Gasteiger partial charge in [0.15, 0.2) is 11.5 Å². The third-order valence-electron chi connectivity index (χ3n) is 5.07. The highest BCUT2D eigenvalue weighted by Crippen LogP contribution is 2.28.